The van der Waals surface area contributed by atoms with Gasteiger partial charge in [0.25, 0.3) is 5.91 Å². The van der Waals surface area contributed by atoms with E-state index < -0.39 is 5.54 Å². The molecule has 0 aliphatic carbocycles. The maximum absolute atomic E-state index is 11.9. The molecule has 3 N–H and O–H groups in total. The van der Waals surface area contributed by atoms with Crippen LogP contribution in [0.15, 0.2) is 0 Å². The van der Waals surface area contributed by atoms with Crippen molar-refractivity contribution in [3.05, 3.63) is 0 Å². The predicted octanol–water partition coefficient (Wildman–Crippen LogP) is 0.0707. The first kappa shape index (κ1) is 13.9. The number of nitrogens with one attached hydrogen (secondary N) is 1. The summed E-state index contributed by atoms with van der Waals surface area (Å²) in [5.41, 5.74) is 4.73. The second kappa shape index (κ2) is 5.46. The van der Waals surface area contributed by atoms with Crippen LogP contribution >= 0.6 is 0 Å². The van der Waals surface area contributed by atoms with Gasteiger partial charge in [0.2, 0.25) is 0 Å². The highest BCUT2D eigenvalue weighted by atomic mass is 16.5. The Morgan fingerprint density at radius 2 is 2.12 bits per heavy atom. The molecule has 1 rings (SSSR count). The number of ether oxygens (including phenoxy) is 1. The molecular formula is C11H21N3O3. The van der Waals surface area contributed by atoms with Crippen LogP contribution in [0.5, 0.6) is 0 Å². The van der Waals surface area contributed by atoms with Gasteiger partial charge < -0.3 is 15.8 Å². The van der Waals surface area contributed by atoms with Crippen LogP contribution in [0.1, 0.15) is 27.2 Å². The molecule has 1 aliphatic heterocycles. The monoisotopic (exact) mass is 243 g/mol. The van der Waals surface area contributed by atoms with Crippen molar-refractivity contribution in [2.24, 2.45) is 5.73 Å². The van der Waals surface area contributed by atoms with Crippen LogP contribution in [0.25, 0.3) is 0 Å². The Hall–Kier alpha value is -1.14. The van der Waals surface area contributed by atoms with Crippen molar-refractivity contribution in [2.45, 2.75) is 38.8 Å². The molecule has 1 unspecified atom stereocenters. The second-order valence-electron chi connectivity index (χ2n) is 4.61. The first-order valence-electron chi connectivity index (χ1n) is 5.88. The highest BCUT2D eigenvalue weighted by Crippen LogP contribution is 2.17. The van der Waals surface area contributed by atoms with Crippen LogP contribution in [-0.2, 0) is 9.53 Å². The van der Waals surface area contributed by atoms with E-state index in [1.165, 1.54) is 4.90 Å². The van der Waals surface area contributed by atoms with E-state index in [0.717, 1.165) is 0 Å². The van der Waals surface area contributed by atoms with Gasteiger partial charge in [-0.05, 0) is 27.2 Å². The largest absolute Gasteiger partial charge is 0.377 e. The van der Waals surface area contributed by atoms with E-state index in [9.17, 15) is 9.59 Å². The van der Waals surface area contributed by atoms with Gasteiger partial charge in [0.15, 0.2) is 0 Å². The SMILES string of the molecule is CCOC(CN)CCN1C(=O)NC(C)(C)C1=O. The summed E-state index contributed by atoms with van der Waals surface area (Å²) in [6.45, 7) is 6.58. The maximum atomic E-state index is 11.9. The van der Waals surface area contributed by atoms with Crippen LogP contribution in [0, 0.1) is 0 Å². The van der Waals surface area contributed by atoms with E-state index in [-0.39, 0.29) is 18.0 Å². The van der Waals surface area contributed by atoms with Gasteiger partial charge in [-0.15, -0.1) is 0 Å². The van der Waals surface area contributed by atoms with Crippen LogP contribution in [0.4, 0.5) is 4.79 Å². The lowest BCUT2D eigenvalue weighted by Gasteiger charge is -2.19. The van der Waals surface area contributed by atoms with Crippen molar-refractivity contribution in [3.8, 4) is 0 Å². The van der Waals surface area contributed by atoms with Crippen molar-refractivity contribution in [2.75, 3.05) is 19.7 Å². The highest BCUT2D eigenvalue weighted by molar-refractivity contribution is 6.06. The van der Waals surface area contributed by atoms with Gasteiger partial charge in [-0.3, -0.25) is 9.69 Å². The molecular weight excluding hydrogens is 222 g/mol. The van der Waals surface area contributed by atoms with Crippen molar-refractivity contribution in [1.29, 1.82) is 0 Å². The zero-order chi connectivity index (χ0) is 13.1. The lowest BCUT2D eigenvalue weighted by Crippen LogP contribution is -2.40. The summed E-state index contributed by atoms with van der Waals surface area (Å²) in [6, 6.07) is -0.340. The molecule has 0 aromatic rings. The molecule has 0 aromatic heterocycles. The molecule has 1 aliphatic rings. The molecule has 1 saturated heterocycles. The molecule has 0 saturated carbocycles. The first-order chi connectivity index (χ1) is 7.92. The minimum atomic E-state index is -0.805. The summed E-state index contributed by atoms with van der Waals surface area (Å²) >= 11 is 0. The Morgan fingerprint density at radius 3 is 2.53 bits per heavy atom. The fourth-order valence-electron chi connectivity index (χ4n) is 1.80. The molecule has 0 aromatic carbocycles. The summed E-state index contributed by atoms with van der Waals surface area (Å²) in [7, 11) is 0. The lowest BCUT2D eigenvalue weighted by atomic mass is 10.1. The fraction of sp³-hybridized carbons (Fsp3) is 0.818. The molecule has 98 valence electrons. The number of nitrogens with zero attached hydrogens (tertiary/aromatic N) is 1. The van der Waals surface area contributed by atoms with Gasteiger partial charge >= 0.3 is 6.03 Å². The van der Waals surface area contributed by atoms with E-state index in [2.05, 4.69) is 5.32 Å². The second-order valence-corrected chi connectivity index (χ2v) is 4.61. The number of carbonyl (C=O) groups excluding carboxylic acids is 2. The van der Waals surface area contributed by atoms with Crippen molar-refractivity contribution in [3.63, 3.8) is 0 Å². The number of urea groups is 1. The Morgan fingerprint density at radius 1 is 1.47 bits per heavy atom. The third kappa shape index (κ3) is 3.17. The molecule has 1 heterocycles. The van der Waals surface area contributed by atoms with Crippen LogP contribution in [0.2, 0.25) is 0 Å². The molecule has 3 amide bonds. The van der Waals surface area contributed by atoms with E-state index in [0.29, 0.717) is 26.1 Å². The molecule has 0 bridgehead atoms. The third-order valence-corrected chi connectivity index (χ3v) is 2.78. The number of rotatable bonds is 6. The molecule has 6 heteroatoms. The molecule has 6 nitrogen and oxygen atoms in total. The van der Waals surface area contributed by atoms with E-state index in [1.54, 1.807) is 13.8 Å². The number of hydrogen-bond acceptors (Lipinski definition) is 4. The topological polar surface area (TPSA) is 84.7 Å². The van der Waals surface area contributed by atoms with E-state index in [1.807, 2.05) is 6.92 Å². The Bertz CT molecular complexity index is 304. The zero-order valence-corrected chi connectivity index (χ0v) is 10.7. The number of amides is 3. The quantitative estimate of drug-likeness (QED) is 0.647. The van der Waals surface area contributed by atoms with Gasteiger partial charge in [-0.2, -0.15) is 0 Å². The number of imide groups is 1. The molecule has 0 spiro atoms. The predicted molar refractivity (Wildman–Crippen MR) is 63.4 cm³/mol. The van der Waals surface area contributed by atoms with Gasteiger partial charge in [0.1, 0.15) is 5.54 Å². The standard InChI is InChI=1S/C11H21N3O3/c1-4-17-8(7-12)5-6-14-9(15)11(2,3)13-10(14)16/h8H,4-7,12H2,1-3H3,(H,13,16). The lowest BCUT2D eigenvalue weighted by molar-refractivity contribution is -0.130. The van der Waals surface area contributed by atoms with Crippen molar-refractivity contribution >= 4 is 11.9 Å². The number of hydrogen-bond donors (Lipinski definition) is 2. The molecule has 0 radical (unpaired) electrons. The summed E-state index contributed by atoms with van der Waals surface area (Å²) in [5.74, 6) is -0.199. The maximum Gasteiger partial charge on any atom is 0.325 e. The smallest absolute Gasteiger partial charge is 0.325 e. The number of carbonyl (C=O) groups is 2. The van der Waals surface area contributed by atoms with Gasteiger partial charge in [-0.1, -0.05) is 0 Å². The van der Waals surface area contributed by atoms with E-state index in [4.69, 9.17) is 10.5 Å². The average molecular weight is 243 g/mol. The fourth-order valence-corrected chi connectivity index (χ4v) is 1.80. The average Bonchev–Trinajstić information content (AvgIpc) is 2.45. The summed E-state index contributed by atoms with van der Waals surface area (Å²) in [6.07, 6.45) is 0.462. The van der Waals surface area contributed by atoms with Crippen LogP contribution < -0.4 is 11.1 Å². The van der Waals surface area contributed by atoms with Gasteiger partial charge in [0.05, 0.1) is 6.10 Å². The summed E-state index contributed by atoms with van der Waals surface area (Å²) in [4.78, 5) is 24.7. The van der Waals surface area contributed by atoms with Crippen molar-refractivity contribution < 1.29 is 14.3 Å². The van der Waals surface area contributed by atoms with Gasteiger partial charge in [-0.25, -0.2) is 4.79 Å². The minimum Gasteiger partial charge on any atom is -0.377 e. The zero-order valence-electron chi connectivity index (χ0n) is 10.7. The van der Waals surface area contributed by atoms with Crippen molar-refractivity contribution in [1.82, 2.24) is 10.2 Å². The Kier molecular flexibility index (Phi) is 4.47. The minimum absolute atomic E-state index is 0.107. The Labute approximate surface area is 101 Å². The first-order valence-corrected chi connectivity index (χ1v) is 5.88. The highest BCUT2D eigenvalue weighted by Gasteiger charge is 2.43. The normalized spacial score (nSPS) is 20.6. The molecule has 1 atom stereocenters. The van der Waals surface area contributed by atoms with Crippen LogP contribution in [0.3, 0.4) is 0 Å². The molecule has 1 fully saturated rings. The van der Waals surface area contributed by atoms with Crippen LogP contribution in [-0.4, -0.2) is 48.2 Å². The molecule has 17 heavy (non-hydrogen) atoms. The Balaban J connectivity index is 2.52. The summed E-state index contributed by atoms with van der Waals surface area (Å²) < 4.78 is 5.38. The summed E-state index contributed by atoms with van der Waals surface area (Å²) in [5, 5.41) is 2.63. The van der Waals surface area contributed by atoms with Gasteiger partial charge in [0, 0.05) is 19.7 Å². The number of nitrogens with two attached hydrogens (primary N) is 1. The van der Waals surface area contributed by atoms with E-state index >= 15 is 0 Å². The third-order valence-electron chi connectivity index (χ3n) is 2.78.